The first-order chi connectivity index (χ1) is 19.6. The molecular formula is C29H33N3O8S. The van der Waals surface area contributed by atoms with E-state index in [1.165, 1.54) is 22.2 Å². The number of oxazole rings is 1. The van der Waals surface area contributed by atoms with Gasteiger partial charge < -0.3 is 28.5 Å². The van der Waals surface area contributed by atoms with Gasteiger partial charge >= 0.3 is 5.69 Å². The van der Waals surface area contributed by atoms with E-state index in [4.69, 9.17) is 23.4 Å². The third kappa shape index (κ3) is 4.73. The number of hydrogen-bond acceptors (Lipinski definition) is 10. The molecule has 0 spiro atoms. The van der Waals surface area contributed by atoms with E-state index in [2.05, 4.69) is 4.98 Å². The summed E-state index contributed by atoms with van der Waals surface area (Å²) in [4.78, 5) is 33.5. The van der Waals surface area contributed by atoms with Crippen molar-refractivity contribution in [3.63, 3.8) is 0 Å². The van der Waals surface area contributed by atoms with Crippen molar-refractivity contribution in [1.29, 1.82) is 0 Å². The van der Waals surface area contributed by atoms with Crippen molar-refractivity contribution in [2.75, 3.05) is 20.3 Å². The fraction of sp³-hybridized carbons (Fsp3) is 0.483. The number of aromatic nitrogens is 3. The quantitative estimate of drug-likeness (QED) is 0.349. The van der Waals surface area contributed by atoms with Gasteiger partial charge in [-0.15, -0.1) is 11.3 Å². The van der Waals surface area contributed by atoms with Gasteiger partial charge in [-0.25, -0.2) is 9.78 Å². The van der Waals surface area contributed by atoms with Gasteiger partial charge in [-0.2, -0.15) is 0 Å². The molecule has 0 aliphatic carbocycles. The Kier molecular flexibility index (Phi) is 7.15. The molecular weight excluding hydrogens is 550 g/mol. The molecule has 2 fully saturated rings. The Morgan fingerprint density at radius 3 is 2.63 bits per heavy atom. The average Bonchev–Trinajstić information content (AvgIpc) is 3.72. The minimum atomic E-state index is -0.789. The summed E-state index contributed by atoms with van der Waals surface area (Å²) in [7, 11) is 1.58. The van der Waals surface area contributed by atoms with Crippen molar-refractivity contribution in [3.05, 3.63) is 68.7 Å². The number of thiophene rings is 1. The summed E-state index contributed by atoms with van der Waals surface area (Å²) in [6.45, 7) is 7.81. The number of ether oxygens (including phenoxy) is 4. The summed E-state index contributed by atoms with van der Waals surface area (Å²) in [5.74, 6) is 0.977. The molecule has 2 aliphatic rings. The van der Waals surface area contributed by atoms with E-state index in [9.17, 15) is 14.7 Å². The topological polar surface area (TPSA) is 127 Å². The number of rotatable bonds is 7. The van der Waals surface area contributed by atoms with Crippen molar-refractivity contribution >= 4 is 21.6 Å². The number of aliphatic hydroxyl groups excluding tert-OH is 1. The van der Waals surface area contributed by atoms with E-state index in [1.54, 1.807) is 17.9 Å². The first kappa shape index (κ1) is 27.9. The Balaban J connectivity index is 1.53. The van der Waals surface area contributed by atoms with E-state index in [-0.39, 0.29) is 25.3 Å². The molecule has 1 aromatic carbocycles. The summed E-state index contributed by atoms with van der Waals surface area (Å²) in [6.07, 6.45) is 0.216. The minimum Gasteiger partial charge on any atom is -0.496 e. The van der Waals surface area contributed by atoms with Crippen LogP contribution in [0.25, 0.3) is 21.0 Å². The number of fused-ring (bicyclic) bond motifs is 2. The first-order valence-corrected chi connectivity index (χ1v) is 14.3. The summed E-state index contributed by atoms with van der Waals surface area (Å²) < 4.78 is 32.4. The van der Waals surface area contributed by atoms with Gasteiger partial charge in [0, 0.05) is 11.1 Å². The third-order valence-electron chi connectivity index (χ3n) is 7.66. The molecule has 6 rings (SSSR count). The highest BCUT2D eigenvalue weighted by Gasteiger charge is 2.48. The molecule has 4 aromatic rings. The standard InChI is InChI=1S/C29H33N3O8S/c1-15-21-26(34)32(29(2,3)4)28(35)31(27(21)41-24(15)25-30-10-11-37-25)12-19(16-8-6-7-9-18(16)36-5)40-20-14-39-22-17(33)13-38-23(20)22/h6-11,17,19-20,22-23,33H,12-14H2,1-5H3. The molecule has 0 amide bonds. The highest BCUT2D eigenvalue weighted by atomic mass is 32.1. The molecule has 1 N–H and O–H groups in total. The number of aryl methyl sites for hydroxylation is 1. The zero-order valence-electron chi connectivity index (χ0n) is 23.5. The molecule has 41 heavy (non-hydrogen) atoms. The monoisotopic (exact) mass is 583 g/mol. The lowest BCUT2D eigenvalue weighted by Gasteiger charge is -2.28. The van der Waals surface area contributed by atoms with Crippen LogP contribution in [0.4, 0.5) is 0 Å². The van der Waals surface area contributed by atoms with Crippen LogP contribution in [-0.2, 0) is 26.3 Å². The smallest absolute Gasteiger partial charge is 0.332 e. The molecule has 5 unspecified atom stereocenters. The van der Waals surface area contributed by atoms with Crippen LogP contribution < -0.4 is 16.0 Å². The van der Waals surface area contributed by atoms with E-state index in [0.29, 0.717) is 32.3 Å². The van der Waals surface area contributed by atoms with Crippen LogP contribution >= 0.6 is 11.3 Å². The second-order valence-electron chi connectivity index (χ2n) is 11.3. The van der Waals surface area contributed by atoms with Crippen molar-refractivity contribution in [2.24, 2.45) is 0 Å². The predicted octanol–water partition coefficient (Wildman–Crippen LogP) is 3.24. The summed E-state index contributed by atoms with van der Waals surface area (Å²) in [5.41, 5.74) is -0.184. The Morgan fingerprint density at radius 2 is 1.93 bits per heavy atom. The lowest BCUT2D eigenvalue weighted by molar-refractivity contribution is -0.0792. The van der Waals surface area contributed by atoms with E-state index < -0.39 is 41.7 Å². The van der Waals surface area contributed by atoms with Gasteiger partial charge in [-0.1, -0.05) is 18.2 Å². The molecule has 5 heterocycles. The zero-order valence-corrected chi connectivity index (χ0v) is 24.3. The zero-order chi connectivity index (χ0) is 29.1. The maximum Gasteiger partial charge on any atom is 0.332 e. The van der Waals surface area contributed by atoms with Gasteiger partial charge in [0.2, 0.25) is 5.89 Å². The SMILES string of the molecule is COc1ccccc1C(Cn1c(=O)n(C(C)(C)C)c(=O)c2c(C)c(-c3ncco3)sc21)OC1COC2C(O)COC12. The van der Waals surface area contributed by atoms with Crippen LogP contribution in [0.2, 0.25) is 0 Å². The number of methoxy groups -OCH3 is 1. The molecule has 0 radical (unpaired) electrons. The Hall–Kier alpha value is -3.29. The van der Waals surface area contributed by atoms with Gasteiger partial charge in [0.05, 0.1) is 43.3 Å². The van der Waals surface area contributed by atoms with Gasteiger partial charge in [0.25, 0.3) is 5.56 Å². The Labute approximate surface area is 239 Å². The van der Waals surface area contributed by atoms with Crippen molar-refractivity contribution in [3.8, 4) is 16.5 Å². The van der Waals surface area contributed by atoms with Crippen LogP contribution in [0.3, 0.4) is 0 Å². The fourth-order valence-corrected chi connectivity index (χ4v) is 6.97. The average molecular weight is 584 g/mol. The predicted molar refractivity (Wildman–Crippen MR) is 152 cm³/mol. The summed E-state index contributed by atoms with van der Waals surface area (Å²) in [6, 6.07) is 7.46. The Bertz CT molecular complexity index is 1680. The molecule has 3 aromatic heterocycles. The molecule has 5 atom stereocenters. The van der Waals surface area contributed by atoms with E-state index >= 15 is 0 Å². The second-order valence-corrected chi connectivity index (χ2v) is 12.3. The number of nitrogens with zero attached hydrogens (tertiary/aromatic N) is 3. The van der Waals surface area contributed by atoms with Gasteiger partial charge in [0.15, 0.2) is 0 Å². The molecule has 0 bridgehead atoms. The lowest BCUT2D eigenvalue weighted by Crippen LogP contribution is -2.48. The summed E-state index contributed by atoms with van der Waals surface area (Å²) >= 11 is 1.29. The maximum absolute atomic E-state index is 14.2. The van der Waals surface area contributed by atoms with Crippen LogP contribution in [0.15, 0.2) is 50.7 Å². The van der Waals surface area contributed by atoms with Crippen LogP contribution in [0.5, 0.6) is 5.75 Å². The largest absolute Gasteiger partial charge is 0.496 e. The molecule has 12 heteroatoms. The van der Waals surface area contributed by atoms with Crippen molar-refractivity contribution in [2.45, 2.75) is 70.3 Å². The molecule has 2 saturated heterocycles. The van der Waals surface area contributed by atoms with Gasteiger partial charge in [-0.05, 0) is 39.3 Å². The molecule has 218 valence electrons. The lowest BCUT2D eigenvalue weighted by atomic mass is 10.1. The third-order valence-corrected chi connectivity index (χ3v) is 8.97. The normalized spacial score (nSPS) is 23.3. The van der Waals surface area contributed by atoms with Crippen LogP contribution in [-0.4, -0.2) is 64.0 Å². The number of benzene rings is 1. The van der Waals surface area contributed by atoms with E-state index in [0.717, 1.165) is 5.56 Å². The molecule has 11 nitrogen and oxygen atoms in total. The maximum atomic E-state index is 14.2. The highest BCUT2D eigenvalue weighted by Crippen LogP contribution is 2.39. The number of aliphatic hydroxyl groups is 1. The van der Waals surface area contributed by atoms with Crippen LogP contribution in [0, 0.1) is 6.92 Å². The Morgan fingerprint density at radius 1 is 1.17 bits per heavy atom. The van der Waals surface area contributed by atoms with Crippen molar-refractivity contribution < 1.29 is 28.5 Å². The van der Waals surface area contributed by atoms with Crippen molar-refractivity contribution in [1.82, 2.24) is 14.1 Å². The number of hydrogen-bond donors (Lipinski definition) is 1. The van der Waals surface area contributed by atoms with Gasteiger partial charge in [-0.3, -0.25) is 13.9 Å². The fourth-order valence-electron chi connectivity index (χ4n) is 5.72. The molecule has 0 saturated carbocycles. The minimum absolute atomic E-state index is 0.0769. The van der Waals surface area contributed by atoms with E-state index in [1.807, 2.05) is 52.0 Å². The van der Waals surface area contributed by atoms with Crippen LogP contribution in [0.1, 0.15) is 38.0 Å². The summed E-state index contributed by atoms with van der Waals surface area (Å²) in [5, 5.41) is 10.7. The van der Waals surface area contributed by atoms with Gasteiger partial charge in [0.1, 0.15) is 47.4 Å². The highest BCUT2D eigenvalue weighted by molar-refractivity contribution is 7.22. The first-order valence-electron chi connectivity index (χ1n) is 13.5. The molecule has 2 aliphatic heterocycles. The number of para-hydroxylation sites is 1. The second kappa shape index (κ2) is 10.5.